The van der Waals surface area contributed by atoms with E-state index in [-0.39, 0.29) is 58.8 Å². The first-order valence-corrected chi connectivity index (χ1v) is 13.6. The van der Waals surface area contributed by atoms with E-state index in [1.54, 1.807) is 6.07 Å². The molecule has 1 fully saturated rings. The number of aliphatic hydroxyl groups excluding tert-OH is 2. The lowest BCUT2D eigenvalue weighted by Gasteiger charge is -2.37. The first-order valence-electron chi connectivity index (χ1n) is 12.9. The van der Waals surface area contributed by atoms with Crippen LogP contribution >= 0.6 is 35.6 Å². The van der Waals surface area contributed by atoms with Gasteiger partial charge in [-0.1, -0.05) is 56.1 Å². The zero-order chi connectivity index (χ0) is 28.7. The van der Waals surface area contributed by atoms with E-state index in [9.17, 15) is 24.2 Å². The molecule has 0 saturated carbocycles. The van der Waals surface area contributed by atoms with Gasteiger partial charge in [0, 0.05) is 43.3 Å². The van der Waals surface area contributed by atoms with Crippen molar-refractivity contribution < 1.29 is 28.6 Å². The zero-order valence-corrected chi connectivity index (χ0v) is 24.7. The Hall–Kier alpha value is -2.01. The molecule has 2 aliphatic rings. The Morgan fingerprint density at radius 1 is 1.15 bits per heavy atom. The van der Waals surface area contributed by atoms with E-state index in [1.165, 1.54) is 24.3 Å². The van der Waals surface area contributed by atoms with Crippen LogP contribution in [0.4, 0.5) is 14.5 Å². The van der Waals surface area contributed by atoms with Crippen LogP contribution in [0.1, 0.15) is 50.7 Å². The molecule has 0 unspecified atom stereocenters. The molecule has 0 aromatic heterocycles. The molecule has 4 atom stereocenters. The Labute approximate surface area is 248 Å². The maximum Gasteiger partial charge on any atom is 0.237 e. The van der Waals surface area contributed by atoms with Crippen molar-refractivity contribution >= 4 is 53.1 Å². The quantitative estimate of drug-likeness (QED) is 0.298. The summed E-state index contributed by atoms with van der Waals surface area (Å²) in [5.74, 6) is -4.02. The maximum atomic E-state index is 15.7. The van der Waals surface area contributed by atoms with Crippen LogP contribution in [0.3, 0.4) is 0 Å². The molecule has 5 N–H and O–H groups in total. The van der Waals surface area contributed by atoms with Gasteiger partial charge in [-0.3, -0.25) is 9.59 Å². The van der Waals surface area contributed by atoms with Crippen molar-refractivity contribution in [2.45, 2.75) is 57.0 Å². The average molecular weight is 621 g/mol. The van der Waals surface area contributed by atoms with E-state index >= 15 is 4.39 Å². The predicted octanol–water partition coefficient (Wildman–Crippen LogP) is 4.55. The van der Waals surface area contributed by atoms with Crippen LogP contribution in [-0.4, -0.2) is 53.9 Å². The first kappa shape index (κ1) is 32.5. The molecule has 1 saturated heterocycles. The largest absolute Gasteiger partial charge is 0.396 e. The van der Waals surface area contributed by atoms with Gasteiger partial charge in [0.1, 0.15) is 17.0 Å². The molecule has 2 aromatic carbocycles. The lowest BCUT2D eigenvalue weighted by atomic mass is 9.62. The maximum absolute atomic E-state index is 15.7. The van der Waals surface area contributed by atoms with E-state index in [1.807, 2.05) is 20.8 Å². The number of carbonyl (C=O) groups excluding carboxylic acids is 2. The molecule has 0 aliphatic carbocycles. The third kappa shape index (κ3) is 5.82. The Balaban J connectivity index is 0.00000441. The molecule has 2 amide bonds. The molecule has 4 rings (SSSR count). The smallest absolute Gasteiger partial charge is 0.237 e. The molecular weight excluding hydrogens is 587 g/mol. The van der Waals surface area contributed by atoms with Crippen LogP contribution in [0, 0.1) is 23.0 Å². The number of nitrogens with one attached hydrogen (secondary N) is 3. The van der Waals surface area contributed by atoms with Crippen LogP contribution in [0.25, 0.3) is 0 Å². The van der Waals surface area contributed by atoms with Crippen molar-refractivity contribution in [1.82, 2.24) is 10.6 Å². The minimum absolute atomic E-state index is 0. The monoisotopic (exact) mass is 619 g/mol. The molecule has 2 aliphatic heterocycles. The van der Waals surface area contributed by atoms with Crippen molar-refractivity contribution in [3.63, 3.8) is 0 Å². The second-order valence-electron chi connectivity index (χ2n) is 11.5. The molecule has 1 spiro atoms. The first-order chi connectivity index (χ1) is 18.3. The number of rotatable bonds is 8. The molecular formula is C28H34Cl3F2N3O4. The van der Waals surface area contributed by atoms with Crippen LogP contribution in [-0.2, 0) is 15.0 Å². The number of hydrogen-bond donors (Lipinski definition) is 5. The number of fused-ring (bicyclic) bond motifs is 2. The van der Waals surface area contributed by atoms with Gasteiger partial charge < -0.3 is 26.2 Å². The van der Waals surface area contributed by atoms with Crippen LogP contribution < -0.4 is 16.0 Å². The van der Waals surface area contributed by atoms with Crippen molar-refractivity contribution in [2.75, 3.05) is 25.1 Å². The van der Waals surface area contributed by atoms with Gasteiger partial charge in [0.05, 0.1) is 16.1 Å². The SMILES string of the molecule is CC(C)(C)C[C@H]1N[C@@H](C(=O)NCCC(CO)CO)[C@H](c2cccc(Cl)c2F)[C@@]12C(=O)Nc1cc(Cl)c(F)cc12.Cl. The highest BCUT2D eigenvalue weighted by atomic mass is 35.5. The highest BCUT2D eigenvalue weighted by molar-refractivity contribution is 6.31. The standard InChI is InChI=1S/C28H33Cl2F2N3O4.ClH/c1-27(2,3)11-21-28(16-9-19(31)18(30)10-20(16)34-26(28)39)22(15-5-4-6-17(29)23(15)32)24(35-21)25(38)33-8-7-14(12-36)13-37;/h4-6,9-10,14,21-22,24,35-37H,7-8,11-13H2,1-3H3,(H,33,38)(H,34,39);1H/t21-,22+,24-,28+;/m1./s1. The third-order valence-electron chi connectivity index (χ3n) is 7.67. The summed E-state index contributed by atoms with van der Waals surface area (Å²) < 4.78 is 30.6. The van der Waals surface area contributed by atoms with Gasteiger partial charge in [-0.2, -0.15) is 0 Å². The second-order valence-corrected chi connectivity index (χ2v) is 12.3. The Morgan fingerprint density at radius 2 is 1.82 bits per heavy atom. The van der Waals surface area contributed by atoms with Gasteiger partial charge >= 0.3 is 0 Å². The molecule has 12 heteroatoms. The lowest BCUT2D eigenvalue weighted by Crippen LogP contribution is -2.49. The fraction of sp³-hybridized carbons (Fsp3) is 0.500. The summed E-state index contributed by atoms with van der Waals surface area (Å²) in [5.41, 5.74) is -1.27. The average Bonchev–Trinajstić information content (AvgIpc) is 3.33. The van der Waals surface area contributed by atoms with Crippen LogP contribution in [0.5, 0.6) is 0 Å². The molecule has 7 nitrogen and oxygen atoms in total. The molecule has 220 valence electrons. The Bertz CT molecular complexity index is 1270. The molecule has 2 heterocycles. The summed E-state index contributed by atoms with van der Waals surface area (Å²) in [6.45, 7) is 5.58. The second kappa shape index (κ2) is 12.5. The van der Waals surface area contributed by atoms with Crippen molar-refractivity contribution in [1.29, 1.82) is 0 Å². The van der Waals surface area contributed by atoms with Gasteiger partial charge in [-0.25, -0.2) is 8.78 Å². The summed E-state index contributed by atoms with van der Waals surface area (Å²) >= 11 is 12.2. The third-order valence-corrected chi connectivity index (χ3v) is 8.25. The number of aliphatic hydroxyl groups is 2. The van der Waals surface area contributed by atoms with E-state index in [0.717, 1.165) is 0 Å². The van der Waals surface area contributed by atoms with E-state index < -0.39 is 52.8 Å². The predicted molar refractivity (Wildman–Crippen MR) is 153 cm³/mol. The number of carbonyl (C=O) groups is 2. The topological polar surface area (TPSA) is 111 Å². The highest BCUT2D eigenvalue weighted by Crippen LogP contribution is 2.57. The van der Waals surface area contributed by atoms with E-state index in [4.69, 9.17) is 23.2 Å². The minimum atomic E-state index is -1.57. The molecule has 40 heavy (non-hydrogen) atoms. The zero-order valence-electron chi connectivity index (χ0n) is 22.4. The van der Waals surface area contributed by atoms with Crippen molar-refractivity contribution in [3.05, 3.63) is 63.1 Å². The number of benzene rings is 2. The number of halogens is 5. The normalized spacial score (nSPS) is 23.8. The number of hydrogen-bond acceptors (Lipinski definition) is 5. The lowest BCUT2D eigenvalue weighted by molar-refractivity contribution is -0.124. The molecule has 2 aromatic rings. The van der Waals surface area contributed by atoms with Gasteiger partial charge in [-0.05, 0) is 47.6 Å². The summed E-state index contributed by atoms with van der Waals surface area (Å²) in [4.78, 5) is 27.7. The summed E-state index contributed by atoms with van der Waals surface area (Å²) in [7, 11) is 0. The fourth-order valence-electron chi connectivity index (χ4n) is 5.91. The minimum Gasteiger partial charge on any atom is -0.396 e. The Kier molecular flexibility index (Phi) is 10.1. The fourth-order valence-corrected chi connectivity index (χ4v) is 6.26. The molecule has 0 radical (unpaired) electrons. The Morgan fingerprint density at radius 3 is 2.45 bits per heavy atom. The van der Waals surface area contributed by atoms with Crippen molar-refractivity contribution in [3.8, 4) is 0 Å². The van der Waals surface area contributed by atoms with Gasteiger partial charge in [-0.15, -0.1) is 12.4 Å². The highest BCUT2D eigenvalue weighted by Gasteiger charge is 2.66. The van der Waals surface area contributed by atoms with Crippen LogP contribution in [0.15, 0.2) is 30.3 Å². The van der Waals surface area contributed by atoms with E-state index in [2.05, 4.69) is 16.0 Å². The molecule has 0 bridgehead atoms. The number of anilines is 1. The van der Waals surface area contributed by atoms with Gasteiger partial charge in [0.25, 0.3) is 0 Å². The van der Waals surface area contributed by atoms with Crippen molar-refractivity contribution in [2.24, 2.45) is 11.3 Å². The van der Waals surface area contributed by atoms with Crippen LogP contribution in [0.2, 0.25) is 10.0 Å². The van der Waals surface area contributed by atoms with E-state index in [0.29, 0.717) is 18.5 Å². The number of amides is 2. The summed E-state index contributed by atoms with van der Waals surface area (Å²) in [5, 5.41) is 27.3. The summed E-state index contributed by atoms with van der Waals surface area (Å²) in [6.07, 6.45) is 0.703. The van der Waals surface area contributed by atoms with Gasteiger partial charge in [0.2, 0.25) is 11.8 Å². The summed E-state index contributed by atoms with van der Waals surface area (Å²) in [6, 6.07) is 5.14. The van der Waals surface area contributed by atoms with Gasteiger partial charge in [0.15, 0.2) is 0 Å².